The molecule has 8 heteroatoms. The van der Waals surface area contributed by atoms with E-state index in [0.29, 0.717) is 13.0 Å². The number of carbonyl (C=O) groups is 1. The maximum atomic E-state index is 12.3. The minimum Gasteiger partial charge on any atom is -0.481 e. The third-order valence-corrected chi connectivity index (χ3v) is 6.18. The van der Waals surface area contributed by atoms with E-state index < -0.39 is 11.4 Å². The Morgan fingerprint density at radius 3 is 2.96 bits per heavy atom. The Bertz CT molecular complexity index is 726. The molecular formula is C17H21N5O2S. The zero-order valence-electron chi connectivity index (χ0n) is 13.9. The van der Waals surface area contributed by atoms with Crippen LogP contribution in [0.3, 0.4) is 0 Å². The number of nitrogens with zero attached hydrogens (tertiary/aromatic N) is 5. The lowest BCUT2D eigenvalue weighted by molar-refractivity contribution is -0.158. The monoisotopic (exact) mass is 359 g/mol. The van der Waals surface area contributed by atoms with E-state index in [1.807, 2.05) is 11.6 Å². The summed E-state index contributed by atoms with van der Waals surface area (Å²) in [5.74, 6) is 0.0635. The van der Waals surface area contributed by atoms with E-state index in [1.165, 1.54) is 0 Å². The largest absolute Gasteiger partial charge is 0.481 e. The van der Waals surface area contributed by atoms with Crippen LogP contribution < -0.4 is 4.90 Å². The Kier molecular flexibility index (Phi) is 4.39. The average molecular weight is 359 g/mol. The van der Waals surface area contributed by atoms with Gasteiger partial charge in [-0.2, -0.15) is 0 Å². The van der Waals surface area contributed by atoms with Gasteiger partial charge in [0.2, 0.25) is 0 Å². The van der Waals surface area contributed by atoms with Gasteiger partial charge in [0.15, 0.2) is 0 Å². The molecule has 2 aliphatic heterocycles. The van der Waals surface area contributed by atoms with Crippen molar-refractivity contribution < 1.29 is 9.90 Å². The van der Waals surface area contributed by atoms with Crippen molar-refractivity contribution in [3.05, 3.63) is 35.2 Å². The van der Waals surface area contributed by atoms with E-state index in [9.17, 15) is 9.90 Å². The van der Waals surface area contributed by atoms with Crippen molar-refractivity contribution in [2.24, 2.45) is 5.41 Å². The minimum absolute atomic E-state index is 0.0376. The van der Waals surface area contributed by atoms with Crippen LogP contribution >= 0.6 is 11.3 Å². The smallest absolute Gasteiger partial charge is 0.313 e. The van der Waals surface area contributed by atoms with E-state index in [0.717, 1.165) is 43.3 Å². The zero-order valence-corrected chi connectivity index (χ0v) is 14.7. The van der Waals surface area contributed by atoms with Crippen LogP contribution in [0.4, 0.5) is 5.82 Å². The highest BCUT2D eigenvalue weighted by atomic mass is 32.1. The maximum absolute atomic E-state index is 12.3. The lowest BCUT2D eigenvalue weighted by Gasteiger charge is -2.52. The van der Waals surface area contributed by atoms with Gasteiger partial charge in [-0.25, -0.2) is 9.97 Å². The number of piperidine rings is 2. The first-order valence-corrected chi connectivity index (χ1v) is 9.44. The van der Waals surface area contributed by atoms with Gasteiger partial charge in [0.05, 0.1) is 12.7 Å². The molecule has 4 rings (SSSR count). The number of rotatable bonds is 4. The van der Waals surface area contributed by atoms with Crippen LogP contribution in [0.15, 0.2) is 30.2 Å². The highest BCUT2D eigenvalue weighted by molar-refractivity contribution is 7.09. The molecule has 132 valence electrons. The van der Waals surface area contributed by atoms with Crippen LogP contribution in [0.2, 0.25) is 0 Å². The second-order valence-electron chi connectivity index (χ2n) is 6.75. The number of likely N-dealkylation sites (tertiary alicyclic amines) is 1. The quantitative estimate of drug-likeness (QED) is 0.892. The van der Waals surface area contributed by atoms with Gasteiger partial charge in [-0.1, -0.05) is 0 Å². The molecule has 2 saturated heterocycles. The molecule has 4 heterocycles. The van der Waals surface area contributed by atoms with E-state index in [4.69, 9.17) is 0 Å². The van der Waals surface area contributed by atoms with Gasteiger partial charge in [-0.05, 0) is 25.8 Å². The summed E-state index contributed by atoms with van der Waals surface area (Å²) in [5, 5.41) is 13.2. The summed E-state index contributed by atoms with van der Waals surface area (Å²) < 4.78 is 0. The summed E-state index contributed by atoms with van der Waals surface area (Å²) in [6.07, 6.45) is 9.23. The Labute approximate surface area is 150 Å². The summed E-state index contributed by atoms with van der Waals surface area (Å²) in [7, 11) is 0. The lowest BCUT2D eigenvalue weighted by atomic mass is 9.69. The van der Waals surface area contributed by atoms with Gasteiger partial charge in [0.1, 0.15) is 16.2 Å². The topological polar surface area (TPSA) is 82.5 Å². The van der Waals surface area contributed by atoms with E-state index in [1.54, 1.807) is 29.9 Å². The van der Waals surface area contributed by atoms with Crippen molar-refractivity contribution in [1.82, 2.24) is 19.9 Å². The zero-order chi connectivity index (χ0) is 17.3. The molecular weight excluding hydrogens is 338 g/mol. The number of carboxylic acid groups (broad SMARTS) is 1. The fourth-order valence-corrected chi connectivity index (χ4v) is 4.91. The van der Waals surface area contributed by atoms with Crippen molar-refractivity contribution in [3.8, 4) is 0 Å². The molecule has 1 N–H and O–H groups in total. The molecule has 25 heavy (non-hydrogen) atoms. The molecule has 0 bridgehead atoms. The molecule has 0 aliphatic carbocycles. The average Bonchev–Trinajstić information content (AvgIpc) is 3.15. The fourth-order valence-electron chi connectivity index (χ4n) is 4.27. The highest BCUT2D eigenvalue weighted by Crippen LogP contribution is 2.43. The van der Waals surface area contributed by atoms with Crippen molar-refractivity contribution in [2.75, 3.05) is 24.5 Å². The van der Waals surface area contributed by atoms with Gasteiger partial charge in [-0.15, -0.1) is 11.3 Å². The van der Waals surface area contributed by atoms with Crippen LogP contribution in [0.1, 0.15) is 24.3 Å². The normalized spacial score (nSPS) is 27.0. The summed E-state index contributed by atoms with van der Waals surface area (Å²) >= 11 is 1.63. The maximum Gasteiger partial charge on any atom is 0.313 e. The van der Waals surface area contributed by atoms with E-state index in [-0.39, 0.29) is 6.04 Å². The summed E-state index contributed by atoms with van der Waals surface area (Å²) in [4.78, 5) is 29.6. The number of hydrogen-bond donors (Lipinski definition) is 1. The Morgan fingerprint density at radius 1 is 1.32 bits per heavy atom. The van der Waals surface area contributed by atoms with Crippen molar-refractivity contribution in [2.45, 2.75) is 31.8 Å². The molecule has 2 aliphatic rings. The number of aliphatic carboxylic acids is 1. The van der Waals surface area contributed by atoms with Crippen LogP contribution in [0, 0.1) is 5.41 Å². The van der Waals surface area contributed by atoms with E-state index in [2.05, 4.69) is 24.8 Å². The predicted molar refractivity (Wildman–Crippen MR) is 94.5 cm³/mol. The summed E-state index contributed by atoms with van der Waals surface area (Å²) in [6, 6.07) is 0.0376. The molecule has 2 atom stereocenters. The molecule has 0 radical (unpaired) electrons. The van der Waals surface area contributed by atoms with Crippen molar-refractivity contribution in [1.29, 1.82) is 0 Å². The van der Waals surface area contributed by atoms with Crippen LogP contribution in [-0.4, -0.2) is 56.6 Å². The number of carboxylic acids is 1. The second-order valence-corrected chi connectivity index (χ2v) is 7.73. The van der Waals surface area contributed by atoms with Gasteiger partial charge >= 0.3 is 5.97 Å². The Hall–Kier alpha value is -2.06. The first-order chi connectivity index (χ1) is 12.2. The SMILES string of the molecule is O=C(O)[C@]12CCCN(Cc3nccs3)[C@@H]1CCN(c1cnccn1)C2. The highest BCUT2D eigenvalue weighted by Gasteiger charge is 2.53. The van der Waals surface area contributed by atoms with Gasteiger partial charge < -0.3 is 10.0 Å². The molecule has 0 spiro atoms. The molecule has 0 aromatic carbocycles. The van der Waals surface area contributed by atoms with Crippen molar-refractivity contribution >= 4 is 23.1 Å². The summed E-state index contributed by atoms with van der Waals surface area (Å²) in [5.41, 5.74) is -0.759. The van der Waals surface area contributed by atoms with Gasteiger partial charge in [0, 0.05) is 43.1 Å². The van der Waals surface area contributed by atoms with Gasteiger partial charge in [0.25, 0.3) is 0 Å². The standard InChI is InChI=1S/C17H21N5O2S/c23-16(24)17-3-1-7-21(11-15-20-6-9-25-15)13(17)2-8-22(12-17)14-10-18-4-5-19-14/h4-6,9-10,13H,1-3,7-8,11-12H2,(H,23,24)/t13-,17+/m1/s1. The minimum atomic E-state index is -0.759. The number of aromatic nitrogens is 3. The lowest BCUT2D eigenvalue weighted by Crippen LogP contribution is -2.64. The molecule has 0 amide bonds. The molecule has 0 unspecified atom stereocenters. The van der Waals surface area contributed by atoms with Crippen LogP contribution in [0.5, 0.6) is 0 Å². The predicted octanol–water partition coefficient (Wildman–Crippen LogP) is 1.88. The van der Waals surface area contributed by atoms with E-state index >= 15 is 0 Å². The number of fused-ring (bicyclic) bond motifs is 1. The fraction of sp³-hybridized carbons (Fsp3) is 0.529. The first-order valence-electron chi connectivity index (χ1n) is 8.56. The van der Waals surface area contributed by atoms with Crippen molar-refractivity contribution in [3.63, 3.8) is 0 Å². The molecule has 7 nitrogen and oxygen atoms in total. The second kappa shape index (κ2) is 6.68. The third kappa shape index (κ3) is 3.00. The number of anilines is 1. The Balaban J connectivity index is 1.60. The Morgan fingerprint density at radius 2 is 2.24 bits per heavy atom. The third-order valence-electron chi connectivity index (χ3n) is 5.41. The first kappa shape index (κ1) is 16.4. The molecule has 0 saturated carbocycles. The summed E-state index contributed by atoms with van der Waals surface area (Å²) in [6.45, 7) is 2.96. The molecule has 2 fully saturated rings. The van der Waals surface area contributed by atoms with Crippen LogP contribution in [0.25, 0.3) is 0 Å². The number of thiazole rings is 1. The molecule has 2 aromatic heterocycles. The van der Waals surface area contributed by atoms with Gasteiger partial charge in [-0.3, -0.25) is 14.7 Å². The molecule has 2 aromatic rings. The van der Waals surface area contributed by atoms with Crippen LogP contribution in [-0.2, 0) is 11.3 Å². The number of hydrogen-bond acceptors (Lipinski definition) is 7.